The number of rotatable bonds is 8. The number of sulfone groups is 1. The van der Waals surface area contributed by atoms with Crippen molar-refractivity contribution in [2.24, 2.45) is 15.4 Å². The molecule has 38 heavy (non-hydrogen) atoms. The van der Waals surface area contributed by atoms with Gasteiger partial charge in [-0.05, 0) is 56.5 Å². The number of hydrogen-bond donors (Lipinski definition) is 1. The minimum atomic E-state index is -3.73. The monoisotopic (exact) mass is 538 g/mol. The Morgan fingerprint density at radius 1 is 1.08 bits per heavy atom. The highest BCUT2D eigenvalue weighted by molar-refractivity contribution is 7.95. The van der Waals surface area contributed by atoms with Crippen molar-refractivity contribution in [2.45, 2.75) is 56.2 Å². The highest BCUT2D eigenvalue weighted by atomic mass is 32.2. The molecule has 1 aromatic heterocycles. The van der Waals surface area contributed by atoms with Gasteiger partial charge in [-0.2, -0.15) is 5.11 Å². The van der Waals surface area contributed by atoms with Crippen LogP contribution in [0.1, 0.15) is 58.7 Å². The lowest BCUT2D eigenvalue weighted by atomic mass is 10.1. The van der Waals surface area contributed by atoms with Gasteiger partial charge in [-0.3, -0.25) is 14.4 Å². The predicted octanol–water partition coefficient (Wildman–Crippen LogP) is 2.09. The van der Waals surface area contributed by atoms with E-state index in [4.69, 9.17) is 0 Å². The molecule has 0 atom stereocenters. The molecule has 2 amide bonds. The van der Waals surface area contributed by atoms with Crippen LogP contribution in [0.2, 0.25) is 0 Å². The molecule has 3 aliphatic rings. The molecule has 0 bridgehead atoms. The third-order valence-corrected chi connectivity index (χ3v) is 11.0. The van der Waals surface area contributed by atoms with Crippen LogP contribution in [0.3, 0.4) is 0 Å². The maximum Gasteiger partial charge on any atom is 0.270 e. The maximum absolute atomic E-state index is 13.7. The summed E-state index contributed by atoms with van der Waals surface area (Å²) >= 11 is 0. The second kappa shape index (κ2) is 9.26. The first kappa shape index (κ1) is 26.0. The first-order valence-corrected chi connectivity index (χ1v) is 14.0. The van der Waals surface area contributed by atoms with Crippen LogP contribution >= 0.6 is 0 Å². The van der Waals surface area contributed by atoms with Crippen LogP contribution in [0.5, 0.6) is 0 Å². The van der Waals surface area contributed by atoms with Gasteiger partial charge in [0.25, 0.3) is 17.4 Å². The minimum Gasteiger partial charge on any atom is -0.348 e. The fourth-order valence-corrected chi connectivity index (χ4v) is 7.46. The van der Waals surface area contributed by atoms with Gasteiger partial charge in [-0.25, -0.2) is 8.42 Å². The summed E-state index contributed by atoms with van der Waals surface area (Å²) < 4.78 is 26.4. The number of pyridine rings is 1. The SMILES string of the molecule is Cc1ccc(CNC(=O)c2ccc3n(c2=O)CCN(CC2(S(=O)(=O)C(C)(C)C4=NN=NC4)CC2)C3=O)cc1. The summed E-state index contributed by atoms with van der Waals surface area (Å²) in [4.78, 5) is 40.7. The van der Waals surface area contributed by atoms with Crippen molar-refractivity contribution in [1.29, 1.82) is 0 Å². The van der Waals surface area contributed by atoms with Gasteiger partial charge in [0.1, 0.15) is 22.5 Å². The second-order valence-electron chi connectivity index (χ2n) is 10.6. The van der Waals surface area contributed by atoms with Gasteiger partial charge in [0.15, 0.2) is 9.84 Å². The molecule has 2 aliphatic heterocycles. The van der Waals surface area contributed by atoms with E-state index >= 15 is 0 Å². The zero-order valence-electron chi connectivity index (χ0n) is 21.6. The van der Waals surface area contributed by atoms with E-state index < -0.39 is 36.7 Å². The Bertz CT molecular complexity index is 1530. The molecule has 11 nitrogen and oxygen atoms in total. The van der Waals surface area contributed by atoms with Gasteiger partial charge in [0, 0.05) is 26.2 Å². The molecular weight excluding hydrogens is 508 g/mol. The van der Waals surface area contributed by atoms with Crippen molar-refractivity contribution in [2.75, 3.05) is 19.6 Å². The number of nitrogens with zero attached hydrogens (tertiary/aromatic N) is 5. The van der Waals surface area contributed by atoms with Crippen LogP contribution in [0.25, 0.3) is 0 Å². The quantitative estimate of drug-likeness (QED) is 0.548. The van der Waals surface area contributed by atoms with Crippen LogP contribution in [0.4, 0.5) is 0 Å². The largest absolute Gasteiger partial charge is 0.348 e. The number of aryl methyl sites for hydroxylation is 1. The number of carbonyl (C=O) groups is 2. The zero-order chi connectivity index (χ0) is 27.3. The number of hydrogen-bond acceptors (Lipinski definition) is 8. The summed E-state index contributed by atoms with van der Waals surface area (Å²) in [7, 11) is -3.73. The lowest BCUT2D eigenvalue weighted by molar-refractivity contribution is 0.0694. The number of nitrogens with one attached hydrogen (secondary N) is 1. The topological polar surface area (TPSA) is 143 Å². The number of benzene rings is 1. The number of carbonyl (C=O) groups excluding carboxylic acids is 2. The molecule has 1 aromatic carbocycles. The van der Waals surface area contributed by atoms with E-state index in [0.717, 1.165) is 11.1 Å². The fourth-order valence-electron chi connectivity index (χ4n) is 5.00. The molecule has 200 valence electrons. The Morgan fingerprint density at radius 3 is 2.42 bits per heavy atom. The first-order valence-electron chi connectivity index (χ1n) is 12.5. The highest BCUT2D eigenvalue weighted by Gasteiger charge is 2.62. The van der Waals surface area contributed by atoms with Gasteiger partial charge >= 0.3 is 0 Å². The van der Waals surface area contributed by atoms with Crippen LogP contribution in [0, 0.1) is 6.92 Å². The molecule has 1 N–H and O–H groups in total. The molecule has 1 aliphatic carbocycles. The third-order valence-electron chi connectivity index (χ3n) is 7.77. The molecule has 5 rings (SSSR count). The third kappa shape index (κ3) is 4.26. The molecule has 0 spiro atoms. The van der Waals surface area contributed by atoms with Gasteiger partial charge in [0.2, 0.25) is 0 Å². The average Bonchev–Trinajstić information content (AvgIpc) is 3.46. The number of fused-ring (bicyclic) bond motifs is 1. The highest BCUT2D eigenvalue weighted by Crippen LogP contribution is 2.49. The van der Waals surface area contributed by atoms with Crippen LogP contribution in [-0.4, -0.2) is 64.5 Å². The normalized spacial score (nSPS) is 18.2. The van der Waals surface area contributed by atoms with Crippen molar-refractivity contribution in [3.63, 3.8) is 0 Å². The van der Waals surface area contributed by atoms with E-state index in [1.807, 2.05) is 31.2 Å². The smallest absolute Gasteiger partial charge is 0.270 e. The Morgan fingerprint density at radius 2 is 1.79 bits per heavy atom. The summed E-state index contributed by atoms with van der Waals surface area (Å²) in [5.74, 6) is -0.943. The average molecular weight is 539 g/mol. The number of amides is 2. The first-order chi connectivity index (χ1) is 18.0. The van der Waals surface area contributed by atoms with Crippen LogP contribution < -0.4 is 10.9 Å². The standard InChI is InChI=1S/C26H30N6O5S/c1-17-4-6-18(7-5-17)14-27-22(33)19-8-9-20-24(35)31(12-13-32(20)23(19)34)16-26(10-11-26)38(36,37)25(2,3)21-15-28-30-29-21/h4-9H,10-16H2,1-3H3,(H,27,33). The fraction of sp³-hybridized carbons (Fsp3) is 0.462. The van der Waals surface area contributed by atoms with E-state index in [0.29, 0.717) is 18.6 Å². The molecule has 1 saturated carbocycles. The Balaban J connectivity index is 1.31. The molecule has 12 heteroatoms. The van der Waals surface area contributed by atoms with Crippen LogP contribution in [0.15, 0.2) is 56.6 Å². The summed E-state index contributed by atoms with van der Waals surface area (Å²) in [5.41, 5.74) is 1.96. The van der Waals surface area contributed by atoms with E-state index in [1.54, 1.807) is 13.8 Å². The molecular formula is C26H30N6O5S. The van der Waals surface area contributed by atoms with Crippen molar-refractivity contribution < 1.29 is 18.0 Å². The second-order valence-corrected chi connectivity index (χ2v) is 13.5. The van der Waals surface area contributed by atoms with Crippen molar-refractivity contribution in [3.8, 4) is 0 Å². The molecule has 3 heterocycles. The molecule has 0 unspecified atom stereocenters. The zero-order valence-corrected chi connectivity index (χ0v) is 22.4. The van der Waals surface area contributed by atoms with Gasteiger partial charge in [-0.15, -0.1) is 5.10 Å². The molecule has 0 saturated heterocycles. The van der Waals surface area contributed by atoms with Crippen molar-refractivity contribution in [3.05, 3.63) is 69.1 Å². The molecule has 1 fully saturated rings. The van der Waals surface area contributed by atoms with Crippen molar-refractivity contribution >= 4 is 27.4 Å². The van der Waals surface area contributed by atoms with Gasteiger partial charge in [0.05, 0.1) is 10.5 Å². The van der Waals surface area contributed by atoms with E-state index in [-0.39, 0.29) is 44.0 Å². The summed E-state index contributed by atoms with van der Waals surface area (Å²) in [6.45, 7) is 5.98. The summed E-state index contributed by atoms with van der Waals surface area (Å²) in [5, 5.41) is 14.0. The molecule has 2 aromatic rings. The van der Waals surface area contributed by atoms with E-state index in [1.165, 1.54) is 21.6 Å². The summed E-state index contributed by atoms with van der Waals surface area (Å²) in [6.07, 6.45) is 0.883. The maximum atomic E-state index is 13.7. The van der Waals surface area contributed by atoms with Crippen molar-refractivity contribution in [1.82, 2.24) is 14.8 Å². The van der Waals surface area contributed by atoms with Crippen LogP contribution in [-0.2, 0) is 22.9 Å². The Hall–Kier alpha value is -3.67. The molecule has 0 radical (unpaired) electrons. The number of aromatic nitrogens is 1. The predicted molar refractivity (Wildman–Crippen MR) is 141 cm³/mol. The summed E-state index contributed by atoms with van der Waals surface area (Å²) in [6, 6.07) is 10.5. The lowest BCUT2D eigenvalue weighted by Crippen LogP contribution is -2.54. The Labute approximate surface area is 220 Å². The lowest BCUT2D eigenvalue weighted by Gasteiger charge is -2.35. The Kier molecular flexibility index (Phi) is 6.33. The van der Waals surface area contributed by atoms with E-state index in [2.05, 4.69) is 20.8 Å². The van der Waals surface area contributed by atoms with Gasteiger partial charge < -0.3 is 14.8 Å². The minimum absolute atomic E-state index is 0.0339. The van der Waals surface area contributed by atoms with E-state index in [9.17, 15) is 22.8 Å². The van der Waals surface area contributed by atoms with Gasteiger partial charge in [-0.1, -0.05) is 29.8 Å².